The summed E-state index contributed by atoms with van der Waals surface area (Å²) < 4.78 is 1.06. The van der Waals surface area contributed by atoms with Crippen molar-refractivity contribution >= 4 is 39.9 Å². The van der Waals surface area contributed by atoms with Crippen molar-refractivity contribution in [1.29, 1.82) is 0 Å². The molecular formula is C14H13ClINO. The lowest BCUT2D eigenvalue weighted by atomic mass is 10.1. The Morgan fingerprint density at radius 2 is 1.94 bits per heavy atom. The minimum Gasteiger partial charge on any atom is -0.508 e. The number of aromatic hydroxyl groups is 1. The molecule has 2 rings (SSSR count). The van der Waals surface area contributed by atoms with Gasteiger partial charge in [0.25, 0.3) is 0 Å². The van der Waals surface area contributed by atoms with E-state index in [0.717, 1.165) is 19.8 Å². The molecule has 0 fully saturated rings. The summed E-state index contributed by atoms with van der Waals surface area (Å²) in [5.41, 5.74) is 1.89. The summed E-state index contributed by atoms with van der Waals surface area (Å²) in [5, 5.41) is 13.9. The maximum atomic E-state index is 9.81. The smallest absolute Gasteiger partial charge is 0.120 e. The minimum atomic E-state index is 0.0286. The minimum absolute atomic E-state index is 0.0286. The maximum Gasteiger partial charge on any atom is 0.120 e. The largest absolute Gasteiger partial charge is 0.508 e. The zero-order valence-corrected chi connectivity index (χ0v) is 12.7. The van der Waals surface area contributed by atoms with Crippen LogP contribution in [0.1, 0.15) is 18.5 Å². The van der Waals surface area contributed by atoms with Gasteiger partial charge >= 0.3 is 0 Å². The van der Waals surface area contributed by atoms with E-state index in [2.05, 4.69) is 27.9 Å². The predicted molar refractivity (Wildman–Crippen MR) is 84.3 cm³/mol. The molecule has 1 atom stereocenters. The summed E-state index contributed by atoms with van der Waals surface area (Å²) in [4.78, 5) is 0. The molecule has 2 nitrogen and oxygen atoms in total. The molecule has 0 aliphatic heterocycles. The predicted octanol–water partition coefficient (Wildman–Crippen LogP) is 4.82. The van der Waals surface area contributed by atoms with Gasteiger partial charge in [-0.2, -0.15) is 0 Å². The number of hydrogen-bond acceptors (Lipinski definition) is 2. The van der Waals surface area contributed by atoms with Crippen LogP contribution in [0.4, 0.5) is 5.69 Å². The van der Waals surface area contributed by atoms with E-state index in [1.165, 1.54) is 0 Å². The molecule has 1 unspecified atom stereocenters. The molecule has 94 valence electrons. The number of anilines is 1. The normalized spacial score (nSPS) is 12.2. The van der Waals surface area contributed by atoms with E-state index < -0.39 is 0 Å². The van der Waals surface area contributed by atoms with Crippen LogP contribution in [0.15, 0.2) is 42.5 Å². The highest BCUT2D eigenvalue weighted by Gasteiger charge is 2.10. The fourth-order valence-electron chi connectivity index (χ4n) is 1.77. The Morgan fingerprint density at radius 1 is 1.22 bits per heavy atom. The number of phenols is 1. The van der Waals surface area contributed by atoms with Crippen LogP contribution in [-0.2, 0) is 0 Å². The Bertz CT molecular complexity index is 559. The van der Waals surface area contributed by atoms with E-state index >= 15 is 0 Å². The number of nitrogens with one attached hydrogen (secondary N) is 1. The zero-order chi connectivity index (χ0) is 13.1. The molecule has 2 N–H and O–H groups in total. The van der Waals surface area contributed by atoms with E-state index in [1.54, 1.807) is 6.07 Å². The lowest BCUT2D eigenvalue weighted by Crippen LogP contribution is -2.07. The van der Waals surface area contributed by atoms with Crippen LogP contribution >= 0.6 is 34.2 Å². The van der Waals surface area contributed by atoms with E-state index in [9.17, 15) is 5.11 Å². The maximum absolute atomic E-state index is 9.81. The van der Waals surface area contributed by atoms with Crippen LogP contribution < -0.4 is 5.32 Å². The summed E-state index contributed by atoms with van der Waals surface area (Å²) >= 11 is 8.16. The van der Waals surface area contributed by atoms with Crippen LogP contribution in [0.5, 0.6) is 5.75 Å². The summed E-state index contributed by atoms with van der Waals surface area (Å²) in [6.07, 6.45) is 0. The Hall–Kier alpha value is -0.940. The highest BCUT2D eigenvalue weighted by Crippen LogP contribution is 2.29. The van der Waals surface area contributed by atoms with Crippen molar-refractivity contribution in [2.45, 2.75) is 13.0 Å². The molecular weight excluding hydrogens is 361 g/mol. The first kappa shape index (κ1) is 13.5. The van der Waals surface area contributed by atoms with Gasteiger partial charge in [-0.15, -0.1) is 0 Å². The Morgan fingerprint density at radius 3 is 2.61 bits per heavy atom. The number of para-hydroxylation sites is 1. The molecule has 0 radical (unpaired) electrons. The Labute approximate surface area is 125 Å². The third-order valence-corrected chi connectivity index (χ3v) is 3.83. The summed E-state index contributed by atoms with van der Waals surface area (Å²) in [7, 11) is 0. The van der Waals surface area contributed by atoms with Crippen molar-refractivity contribution in [2.75, 3.05) is 5.32 Å². The van der Waals surface area contributed by atoms with Crippen LogP contribution in [0, 0.1) is 3.57 Å². The summed E-state index contributed by atoms with van der Waals surface area (Å²) in [5.74, 6) is 0.307. The molecule has 0 aromatic heterocycles. The highest BCUT2D eigenvalue weighted by molar-refractivity contribution is 14.1. The average Bonchev–Trinajstić information content (AvgIpc) is 2.33. The molecule has 18 heavy (non-hydrogen) atoms. The van der Waals surface area contributed by atoms with Gasteiger partial charge in [0.2, 0.25) is 0 Å². The molecule has 2 aromatic rings. The fourth-order valence-corrected chi connectivity index (χ4v) is 2.80. The van der Waals surface area contributed by atoms with Crippen LogP contribution in [0.2, 0.25) is 5.02 Å². The molecule has 0 aliphatic carbocycles. The molecule has 0 heterocycles. The van der Waals surface area contributed by atoms with E-state index in [4.69, 9.17) is 11.6 Å². The Balaban J connectivity index is 2.21. The summed E-state index contributed by atoms with van der Waals surface area (Å²) in [6, 6.07) is 13.1. The molecule has 4 heteroatoms. The standard InChI is InChI=1S/C14H13ClINO/c1-9(11-4-2-3-5-14(11)18)17-13-7-6-10(15)8-12(13)16/h2-9,17-18H,1H3. The van der Waals surface area contributed by atoms with Crippen molar-refractivity contribution < 1.29 is 5.11 Å². The van der Waals surface area contributed by atoms with Gasteiger partial charge in [0.05, 0.1) is 6.04 Å². The van der Waals surface area contributed by atoms with Gasteiger partial charge in [-0.25, -0.2) is 0 Å². The van der Waals surface area contributed by atoms with Gasteiger partial charge in [0, 0.05) is 19.8 Å². The number of halogens is 2. The van der Waals surface area contributed by atoms with E-state index in [-0.39, 0.29) is 6.04 Å². The van der Waals surface area contributed by atoms with Crippen LogP contribution in [0.3, 0.4) is 0 Å². The summed E-state index contributed by atoms with van der Waals surface area (Å²) in [6.45, 7) is 2.01. The molecule has 0 saturated carbocycles. The van der Waals surface area contributed by atoms with Gasteiger partial charge in [-0.05, 0) is 53.8 Å². The third kappa shape index (κ3) is 3.09. The van der Waals surface area contributed by atoms with Crippen LogP contribution in [-0.4, -0.2) is 5.11 Å². The first-order valence-corrected chi connectivity index (χ1v) is 7.03. The molecule has 0 amide bonds. The molecule has 0 aliphatic rings. The van der Waals surface area contributed by atoms with Crippen LogP contribution in [0.25, 0.3) is 0 Å². The monoisotopic (exact) mass is 373 g/mol. The van der Waals surface area contributed by atoms with Crippen molar-refractivity contribution in [2.24, 2.45) is 0 Å². The second-order valence-corrected chi connectivity index (χ2v) is 5.65. The van der Waals surface area contributed by atoms with Crippen molar-refractivity contribution in [3.8, 4) is 5.75 Å². The van der Waals surface area contributed by atoms with E-state index in [1.807, 2.05) is 43.3 Å². The topological polar surface area (TPSA) is 32.3 Å². The van der Waals surface area contributed by atoms with Gasteiger partial charge in [-0.3, -0.25) is 0 Å². The van der Waals surface area contributed by atoms with Gasteiger partial charge in [0.15, 0.2) is 0 Å². The molecule has 2 aromatic carbocycles. The van der Waals surface area contributed by atoms with Gasteiger partial charge in [0.1, 0.15) is 5.75 Å². The lowest BCUT2D eigenvalue weighted by Gasteiger charge is -2.18. The second-order valence-electron chi connectivity index (χ2n) is 4.05. The first-order chi connectivity index (χ1) is 8.58. The number of benzene rings is 2. The van der Waals surface area contributed by atoms with Gasteiger partial charge < -0.3 is 10.4 Å². The number of hydrogen-bond donors (Lipinski definition) is 2. The second kappa shape index (κ2) is 5.80. The van der Waals surface area contributed by atoms with E-state index in [0.29, 0.717) is 5.75 Å². The first-order valence-electron chi connectivity index (χ1n) is 5.57. The third-order valence-electron chi connectivity index (χ3n) is 2.71. The molecule has 0 spiro atoms. The fraction of sp³-hybridized carbons (Fsp3) is 0.143. The molecule has 0 saturated heterocycles. The van der Waals surface area contributed by atoms with Gasteiger partial charge in [-0.1, -0.05) is 29.8 Å². The highest BCUT2D eigenvalue weighted by atomic mass is 127. The van der Waals surface area contributed by atoms with Crippen molar-refractivity contribution in [3.05, 3.63) is 56.6 Å². The van der Waals surface area contributed by atoms with Crippen molar-refractivity contribution in [1.82, 2.24) is 0 Å². The number of phenolic OH excluding ortho intramolecular Hbond substituents is 1. The molecule has 0 bridgehead atoms. The SMILES string of the molecule is CC(Nc1ccc(Cl)cc1I)c1ccccc1O. The Kier molecular flexibility index (Phi) is 4.35. The average molecular weight is 374 g/mol. The zero-order valence-electron chi connectivity index (χ0n) is 9.82. The number of rotatable bonds is 3. The lowest BCUT2D eigenvalue weighted by molar-refractivity contribution is 0.465. The van der Waals surface area contributed by atoms with Crippen molar-refractivity contribution in [3.63, 3.8) is 0 Å². The quantitative estimate of drug-likeness (QED) is 0.756.